The zero-order valence-electron chi connectivity index (χ0n) is 11.6. The summed E-state index contributed by atoms with van der Waals surface area (Å²) in [5, 5.41) is 0. The molecule has 2 aliphatic rings. The number of hydrogen-bond acceptors (Lipinski definition) is 3. The van der Waals surface area contributed by atoms with Gasteiger partial charge >= 0.3 is 0 Å². The Hall–Kier alpha value is -1.10. The van der Waals surface area contributed by atoms with Crippen LogP contribution in [0.1, 0.15) is 18.4 Å². The second-order valence-electron chi connectivity index (χ2n) is 5.54. The van der Waals surface area contributed by atoms with Crippen LogP contribution in [0.15, 0.2) is 24.3 Å². The first kappa shape index (κ1) is 15.3. The zero-order chi connectivity index (χ0) is 13.2. The molecule has 110 valence electrons. The number of carbonyl (C=O) groups excluding carboxylic acids is 1. The Kier molecular flexibility index (Phi) is 5.02. The molecule has 0 bridgehead atoms. The number of hydrogen-bond donors (Lipinski definition) is 1. The normalized spacial score (nSPS) is 19.6. The molecule has 1 amide bonds. The van der Waals surface area contributed by atoms with Gasteiger partial charge in [-0.1, -0.05) is 18.2 Å². The summed E-state index contributed by atoms with van der Waals surface area (Å²) < 4.78 is 0. The van der Waals surface area contributed by atoms with Crippen molar-refractivity contribution in [3.63, 3.8) is 0 Å². The molecule has 0 aromatic heterocycles. The topological polar surface area (TPSA) is 49.6 Å². The number of benzene rings is 1. The van der Waals surface area contributed by atoms with Crippen molar-refractivity contribution in [3.05, 3.63) is 29.8 Å². The van der Waals surface area contributed by atoms with Crippen LogP contribution in [-0.4, -0.2) is 43.0 Å². The molecule has 1 saturated heterocycles. The predicted molar refractivity (Wildman–Crippen MR) is 83.4 cm³/mol. The fraction of sp³-hybridized carbons (Fsp3) is 0.533. The molecule has 0 saturated carbocycles. The second kappa shape index (κ2) is 6.57. The van der Waals surface area contributed by atoms with E-state index in [1.54, 1.807) is 0 Å². The summed E-state index contributed by atoms with van der Waals surface area (Å²) in [6.07, 6.45) is 2.99. The highest BCUT2D eigenvalue weighted by Crippen LogP contribution is 2.27. The first-order valence-electron chi connectivity index (χ1n) is 7.10. The smallest absolute Gasteiger partial charge is 0.241 e. The van der Waals surface area contributed by atoms with Gasteiger partial charge in [-0.2, -0.15) is 0 Å². The SMILES string of the molecule is Cl.NC1CCN(CC(=O)N2CCc3ccccc32)CC1. The van der Waals surface area contributed by atoms with Crippen molar-refractivity contribution < 1.29 is 4.79 Å². The van der Waals surface area contributed by atoms with Crippen LogP contribution in [0.3, 0.4) is 0 Å². The number of nitrogens with two attached hydrogens (primary N) is 1. The Morgan fingerprint density at radius 3 is 2.65 bits per heavy atom. The quantitative estimate of drug-likeness (QED) is 0.898. The van der Waals surface area contributed by atoms with Gasteiger partial charge in [0.05, 0.1) is 6.54 Å². The molecule has 1 aromatic carbocycles. The van der Waals surface area contributed by atoms with Crippen LogP contribution < -0.4 is 10.6 Å². The highest BCUT2D eigenvalue weighted by Gasteiger charge is 2.26. The Labute approximate surface area is 126 Å². The van der Waals surface area contributed by atoms with E-state index in [0.717, 1.165) is 44.6 Å². The lowest BCUT2D eigenvalue weighted by molar-refractivity contribution is -0.119. The van der Waals surface area contributed by atoms with E-state index in [2.05, 4.69) is 11.0 Å². The third-order valence-corrected chi connectivity index (χ3v) is 4.18. The highest BCUT2D eigenvalue weighted by molar-refractivity contribution is 5.96. The monoisotopic (exact) mass is 295 g/mol. The molecule has 0 radical (unpaired) electrons. The van der Waals surface area contributed by atoms with E-state index in [9.17, 15) is 4.79 Å². The fourth-order valence-corrected chi connectivity index (χ4v) is 2.98. The second-order valence-corrected chi connectivity index (χ2v) is 5.54. The number of rotatable bonds is 2. The number of nitrogens with zero attached hydrogens (tertiary/aromatic N) is 2. The van der Waals surface area contributed by atoms with Crippen molar-refractivity contribution in [3.8, 4) is 0 Å². The summed E-state index contributed by atoms with van der Waals surface area (Å²) in [5.41, 5.74) is 8.28. The first-order chi connectivity index (χ1) is 9.24. The van der Waals surface area contributed by atoms with E-state index in [1.807, 2.05) is 23.1 Å². The third-order valence-electron chi connectivity index (χ3n) is 4.18. The van der Waals surface area contributed by atoms with Crippen LogP contribution in [0.4, 0.5) is 5.69 Å². The van der Waals surface area contributed by atoms with Gasteiger partial charge in [0.15, 0.2) is 0 Å². The number of anilines is 1. The molecule has 0 unspecified atom stereocenters. The summed E-state index contributed by atoms with van der Waals surface area (Å²) in [6, 6.07) is 8.52. The number of piperidine rings is 1. The molecular formula is C15H22ClN3O. The lowest BCUT2D eigenvalue weighted by Crippen LogP contribution is -2.45. The Balaban J connectivity index is 0.00000147. The Morgan fingerprint density at radius 1 is 1.20 bits per heavy atom. The van der Waals surface area contributed by atoms with E-state index < -0.39 is 0 Å². The number of para-hydroxylation sites is 1. The Morgan fingerprint density at radius 2 is 1.90 bits per heavy atom. The third kappa shape index (κ3) is 3.14. The molecule has 0 atom stereocenters. The van der Waals surface area contributed by atoms with Gasteiger partial charge in [0.25, 0.3) is 0 Å². The number of carbonyl (C=O) groups is 1. The summed E-state index contributed by atoms with van der Waals surface area (Å²) in [7, 11) is 0. The van der Waals surface area contributed by atoms with Crippen molar-refractivity contribution in [2.45, 2.75) is 25.3 Å². The van der Waals surface area contributed by atoms with Gasteiger partial charge in [-0.05, 0) is 30.9 Å². The van der Waals surface area contributed by atoms with E-state index in [0.29, 0.717) is 12.6 Å². The lowest BCUT2D eigenvalue weighted by atomic mass is 10.1. The number of fused-ring (bicyclic) bond motifs is 1. The lowest BCUT2D eigenvalue weighted by Gasteiger charge is -2.30. The maximum absolute atomic E-state index is 12.4. The van der Waals surface area contributed by atoms with E-state index in [-0.39, 0.29) is 18.3 Å². The molecular weight excluding hydrogens is 274 g/mol. The maximum atomic E-state index is 12.4. The molecule has 4 nitrogen and oxygen atoms in total. The van der Waals surface area contributed by atoms with Gasteiger partial charge in [0.2, 0.25) is 5.91 Å². The summed E-state index contributed by atoms with van der Waals surface area (Å²) >= 11 is 0. The molecule has 0 aliphatic carbocycles. The van der Waals surface area contributed by atoms with Gasteiger partial charge in [-0.3, -0.25) is 9.69 Å². The molecule has 1 fully saturated rings. The average Bonchev–Trinajstić information content (AvgIpc) is 2.85. The number of likely N-dealkylation sites (tertiary alicyclic amines) is 1. The average molecular weight is 296 g/mol. The minimum Gasteiger partial charge on any atom is -0.328 e. The van der Waals surface area contributed by atoms with Crippen molar-refractivity contribution in [2.24, 2.45) is 5.73 Å². The van der Waals surface area contributed by atoms with Crippen LogP contribution in [-0.2, 0) is 11.2 Å². The molecule has 2 N–H and O–H groups in total. The predicted octanol–water partition coefficient (Wildman–Crippen LogP) is 1.42. The van der Waals surface area contributed by atoms with Crippen LogP contribution in [0.5, 0.6) is 0 Å². The summed E-state index contributed by atoms with van der Waals surface area (Å²) in [4.78, 5) is 16.6. The number of halogens is 1. The Bertz CT molecular complexity index is 472. The van der Waals surface area contributed by atoms with Crippen molar-refractivity contribution >= 4 is 24.0 Å². The number of amides is 1. The van der Waals surface area contributed by atoms with Crippen LogP contribution in [0.2, 0.25) is 0 Å². The van der Waals surface area contributed by atoms with Gasteiger partial charge < -0.3 is 10.6 Å². The van der Waals surface area contributed by atoms with Crippen molar-refractivity contribution in [1.29, 1.82) is 0 Å². The standard InChI is InChI=1S/C15H21N3O.ClH/c16-13-6-8-17(9-7-13)11-15(19)18-10-5-12-3-1-2-4-14(12)18;/h1-4,13H,5-11,16H2;1H. The van der Waals surface area contributed by atoms with E-state index >= 15 is 0 Å². The van der Waals surface area contributed by atoms with Crippen molar-refractivity contribution in [1.82, 2.24) is 4.90 Å². The molecule has 0 spiro atoms. The molecule has 20 heavy (non-hydrogen) atoms. The minimum atomic E-state index is 0. The minimum absolute atomic E-state index is 0. The van der Waals surface area contributed by atoms with Crippen LogP contribution in [0, 0.1) is 0 Å². The largest absolute Gasteiger partial charge is 0.328 e. The van der Waals surface area contributed by atoms with Gasteiger partial charge in [-0.15, -0.1) is 12.4 Å². The van der Waals surface area contributed by atoms with Gasteiger partial charge in [0, 0.05) is 31.4 Å². The molecule has 2 aliphatic heterocycles. The zero-order valence-corrected chi connectivity index (χ0v) is 12.4. The highest BCUT2D eigenvalue weighted by atomic mass is 35.5. The molecule has 1 aromatic rings. The van der Waals surface area contributed by atoms with Crippen molar-refractivity contribution in [2.75, 3.05) is 31.1 Å². The van der Waals surface area contributed by atoms with Gasteiger partial charge in [0.1, 0.15) is 0 Å². The molecule has 5 heteroatoms. The fourth-order valence-electron chi connectivity index (χ4n) is 2.98. The maximum Gasteiger partial charge on any atom is 0.241 e. The van der Waals surface area contributed by atoms with Gasteiger partial charge in [-0.25, -0.2) is 0 Å². The molecule has 2 heterocycles. The van der Waals surface area contributed by atoms with Crippen LogP contribution in [0.25, 0.3) is 0 Å². The van der Waals surface area contributed by atoms with E-state index in [1.165, 1.54) is 5.56 Å². The summed E-state index contributed by atoms with van der Waals surface area (Å²) in [6.45, 7) is 3.25. The molecule has 3 rings (SSSR count). The first-order valence-corrected chi connectivity index (χ1v) is 7.10. The van der Waals surface area contributed by atoms with E-state index in [4.69, 9.17) is 5.73 Å². The van der Waals surface area contributed by atoms with Crippen LogP contribution >= 0.6 is 12.4 Å². The summed E-state index contributed by atoms with van der Waals surface area (Å²) in [5.74, 6) is 0.223.